The van der Waals surface area contributed by atoms with Gasteiger partial charge in [0, 0.05) is 11.9 Å². The number of aliphatic hydroxyl groups is 1. The van der Waals surface area contributed by atoms with Crippen LogP contribution in [-0.4, -0.2) is 53.0 Å². The summed E-state index contributed by atoms with van der Waals surface area (Å²) in [6.45, 7) is 5.81. The van der Waals surface area contributed by atoms with Crippen LogP contribution in [0.15, 0.2) is 12.2 Å². The Hall–Kier alpha value is -0.400. The van der Waals surface area contributed by atoms with Crippen molar-refractivity contribution in [1.29, 1.82) is 0 Å². The molecule has 6 nitrogen and oxygen atoms in total. The van der Waals surface area contributed by atoms with Crippen LogP contribution in [0.5, 0.6) is 0 Å². The molecule has 0 spiro atoms. The van der Waals surface area contributed by atoms with E-state index in [1.54, 1.807) is 6.92 Å². The maximum atomic E-state index is 11.1. The van der Waals surface area contributed by atoms with E-state index in [9.17, 15) is 19.8 Å². The third-order valence-electron chi connectivity index (χ3n) is 4.19. The molecule has 0 aliphatic carbocycles. The molecule has 0 aliphatic rings. The summed E-state index contributed by atoms with van der Waals surface area (Å²) < 4.78 is 0.0895. The Balaban J connectivity index is 0. The number of carboxylic acid groups (broad SMARTS) is 2. The van der Waals surface area contributed by atoms with Crippen molar-refractivity contribution in [2.24, 2.45) is 11.8 Å². The normalized spacial score (nSPS) is 16.2. The first-order chi connectivity index (χ1) is 10.8. The van der Waals surface area contributed by atoms with Crippen molar-refractivity contribution in [3.05, 3.63) is 12.2 Å². The molecule has 0 heterocycles. The van der Waals surface area contributed by atoms with Gasteiger partial charge < -0.3 is 20.1 Å². The third kappa shape index (κ3) is 10.5. The number of carboxylic acids is 2. The second-order valence-corrected chi connectivity index (χ2v) is 6.45. The number of rotatable bonds is 13. The third-order valence-corrected chi connectivity index (χ3v) is 4.19. The Morgan fingerprint density at radius 3 is 2.17 bits per heavy atom. The topological polar surface area (TPSA) is 97.7 Å². The molecular weight excluding hydrogens is 321 g/mol. The smallest absolute Gasteiger partial charge is 0.550 e. The van der Waals surface area contributed by atoms with Crippen LogP contribution < -0.4 is 34.7 Å². The number of hydrogen-bond acceptors (Lipinski definition) is 4. The number of aliphatic hydroxyl groups excluding tert-OH is 1. The number of allylic oxidation sites excluding steroid dienone is 2. The van der Waals surface area contributed by atoms with Gasteiger partial charge in [0.05, 0.1) is 19.6 Å². The summed E-state index contributed by atoms with van der Waals surface area (Å²) >= 11 is 0. The minimum absolute atomic E-state index is 0. The molecule has 0 rings (SSSR count). The summed E-state index contributed by atoms with van der Waals surface area (Å²) in [4.78, 5) is 22.2. The van der Waals surface area contributed by atoms with Gasteiger partial charge in [-0.05, 0) is 39.5 Å². The molecule has 0 aliphatic heterocycles. The van der Waals surface area contributed by atoms with E-state index in [0.29, 0.717) is 6.54 Å². The van der Waals surface area contributed by atoms with E-state index in [1.165, 1.54) is 6.92 Å². The fraction of sp³-hybridized carbons (Fsp3) is 0.765. The van der Waals surface area contributed by atoms with E-state index in [-0.39, 0.29) is 53.9 Å². The Morgan fingerprint density at radius 1 is 1.12 bits per heavy atom. The van der Waals surface area contributed by atoms with Gasteiger partial charge in [-0.2, -0.15) is 0 Å². The minimum Gasteiger partial charge on any atom is -0.550 e. The van der Waals surface area contributed by atoms with Gasteiger partial charge in [-0.15, -0.1) is 0 Å². The van der Waals surface area contributed by atoms with Gasteiger partial charge >= 0.3 is 35.5 Å². The molecule has 134 valence electrons. The monoisotopic (exact) mass is 352 g/mol. The van der Waals surface area contributed by atoms with E-state index in [4.69, 9.17) is 5.11 Å². The summed E-state index contributed by atoms with van der Waals surface area (Å²) in [6, 6.07) is 0. The Bertz CT molecular complexity index is 378. The summed E-state index contributed by atoms with van der Waals surface area (Å²) in [6.07, 6.45) is 7.91. The van der Waals surface area contributed by atoms with E-state index in [1.807, 2.05) is 13.0 Å². The van der Waals surface area contributed by atoms with Crippen LogP contribution in [0.25, 0.3) is 0 Å². The van der Waals surface area contributed by atoms with Crippen molar-refractivity contribution in [3.63, 3.8) is 0 Å². The number of quaternary nitrogens is 1. The zero-order valence-corrected chi connectivity index (χ0v) is 17.5. The molecule has 0 radical (unpaired) electrons. The summed E-state index contributed by atoms with van der Waals surface area (Å²) in [5.41, 5.74) is 0. The van der Waals surface area contributed by atoms with Crippen LogP contribution >= 0.6 is 0 Å². The molecule has 24 heavy (non-hydrogen) atoms. The maximum absolute atomic E-state index is 11.1. The van der Waals surface area contributed by atoms with Crippen molar-refractivity contribution in [2.75, 3.05) is 26.4 Å². The second kappa shape index (κ2) is 13.8. The number of carbonyl (C=O) groups is 2. The first-order valence-electron chi connectivity index (χ1n) is 8.28. The largest absolute Gasteiger partial charge is 1.00 e. The fourth-order valence-corrected chi connectivity index (χ4v) is 2.81. The van der Waals surface area contributed by atoms with Gasteiger partial charge in [-0.1, -0.05) is 19.1 Å². The molecular formula is C17H31NNaO5+. The van der Waals surface area contributed by atoms with Crippen LogP contribution in [0.1, 0.15) is 46.5 Å². The summed E-state index contributed by atoms with van der Waals surface area (Å²) in [7, 11) is 0. The van der Waals surface area contributed by atoms with Gasteiger partial charge in [-0.3, -0.25) is 9.28 Å². The molecule has 0 aromatic heterocycles. The van der Waals surface area contributed by atoms with Gasteiger partial charge in [0.2, 0.25) is 0 Å². The number of nitrogens with zero attached hydrogens (tertiary/aromatic N) is 1. The predicted octanol–water partition coefficient (Wildman–Crippen LogP) is -2.00. The molecule has 0 saturated heterocycles. The molecule has 0 amide bonds. The summed E-state index contributed by atoms with van der Waals surface area (Å²) in [5, 5.41) is 30.0. The summed E-state index contributed by atoms with van der Waals surface area (Å²) in [5.74, 6) is -3.47. The van der Waals surface area contributed by atoms with Crippen LogP contribution in [0.2, 0.25) is 0 Å². The zero-order chi connectivity index (χ0) is 17.9. The van der Waals surface area contributed by atoms with Crippen molar-refractivity contribution < 1.29 is 58.9 Å². The van der Waals surface area contributed by atoms with Gasteiger partial charge in [0.15, 0.2) is 6.73 Å². The van der Waals surface area contributed by atoms with E-state index < -0.39 is 23.8 Å². The Kier molecular flexibility index (Phi) is 14.9. The van der Waals surface area contributed by atoms with Crippen molar-refractivity contribution in [2.45, 2.75) is 46.5 Å². The number of hydrogen-bond donors (Lipinski definition) is 2. The van der Waals surface area contributed by atoms with Crippen molar-refractivity contribution in [1.82, 2.24) is 0 Å². The first kappa shape index (κ1) is 25.8. The van der Waals surface area contributed by atoms with Crippen molar-refractivity contribution in [3.8, 4) is 0 Å². The number of carbonyl (C=O) groups excluding carboxylic acids is 1. The van der Waals surface area contributed by atoms with Gasteiger partial charge in [0.25, 0.3) is 0 Å². The molecule has 0 aromatic carbocycles. The Labute approximate surface area is 167 Å². The fourth-order valence-electron chi connectivity index (χ4n) is 2.81. The second-order valence-electron chi connectivity index (χ2n) is 6.45. The van der Waals surface area contributed by atoms with Crippen LogP contribution in [0.4, 0.5) is 0 Å². The predicted molar refractivity (Wildman–Crippen MR) is 86.2 cm³/mol. The maximum Gasteiger partial charge on any atom is 1.00 e. The average molecular weight is 352 g/mol. The molecule has 7 heteroatoms. The molecule has 2 N–H and O–H groups in total. The van der Waals surface area contributed by atoms with Crippen molar-refractivity contribution >= 4 is 11.9 Å². The number of unbranched alkanes of at least 4 members (excludes halogenated alkanes) is 3. The number of aliphatic carboxylic acids is 2. The molecule has 3 unspecified atom stereocenters. The van der Waals surface area contributed by atoms with Gasteiger partial charge in [-0.25, -0.2) is 0 Å². The molecule has 0 fully saturated rings. The van der Waals surface area contributed by atoms with Crippen LogP contribution in [-0.2, 0) is 9.59 Å². The van der Waals surface area contributed by atoms with Crippen LogP contribution in [0, 0.1) is 11.8 Å². The molecule has 0 bridgehead atoms. The average Bonchev–Trinajstić information content (AvgIpc) is 2.50. The van der Waals surface area contributed by atoms with Crippen LogP contribution in [0.3, 0.4) is 0 Å². The van der Waals surface area contributed by atoms with E-state index in [2.05, 4.69) is 6.08 Å². The van der Waals surface area contributed by atoms with Gasteiger partial charge in [0.1, 0.15) is 5.92 Å². The molecule has 3 atom stereocenters. The SMILES string of the molecule is C/C=C/CCCCC[N+](CO)(CC(C)C(=O)[O-])CC(C)C(=O)O.[Na+]. The Morgan fingerprint density at radius 2 is 1.71 bits per heavy atom. The zero-order valence-electron chi connectivity index (χ0n) is 15.5. The standard InChI is InChI=1S/C17H31NO5.Na/c1-4-5-6-7-8-9-10-18(13-19,11-14(2)16(20)21)12-15(3)17(22)23;/h4-5,14-15,19H,6-13H2,1-3H3,(H-,20,21,22,23);/q;+1/b5-4+;. The molecule has 0 saturated carbocycles. The van der Waals surface area contributed by atoms with E-state index in [0.717, 1.165) is 25.7 Å². The quantitative estimate of drug-likeness (QED) is 0.131. The molecule has 0 aromatic rings. The first-order valence-corrected chi connectivity index (χ1v) is 8.28. The van der Waals surface area contributed by atoms with E-state index >= 15 is 0 Å². The minimum atomic E-state index is -1.17.